The molecule has 5 aromatic carbocycles. The first-order chi connectivity index (χ1) is 12.8. The van der Waals surface area contributed by atoms with Crippen LogP contribution >= 0.6 is 0 Å². The molecule has 0 fully saturated rings. The van der Waals surface area contributed by atoms with Crippen LogP contribution in [0.4, 0.5) is 0 Å². The largest absolute Gasteiger partial charge is 0.326 e. The maximum absolute atomic E-state index is 5.90. The lowest BCUT2D eigenvalue weighted by molar-refractivity contribution is 1.07. The summed E-state index contributed by atoms with van der Waals surface area (Å²) >= 11 is 0. The minimum Gasteiger partial charge on any atom is -0.326 e. The highest BCUT2D eigenvalue weighted by molar-refractivity contribution is 6.15. The Kier molecular flexibility index (Phi) is 3.48. The van der Waals surface area contributed by atoms with E-state index in [-0.39, 0.29) is 0 Å². The Bertz CT molecular complexity index is 1260. The summed E-state index contributed by atoms with van der Waals surface area (Å²) in [5, 5.41) is 7.66. The van der Waals surface area contributed by atoms with Gasteiger partial charge in [-0.25, -0.2) is 0 Å². The molecule has 0 bridgehead atoms. The molecular weight excluding hydrogens is 314 g/mol. The van der Waals surface area contributed by atoms with Gasteiger partial charge >= 0.3 is 0 Å². The molecular formula is C25H19N. The summed E-state index contributed by atoms with van der Waals surface area (Å²) in [6, 6.07) is 32.7. The molecule has 1 heteroatoms. The summed E-state index contributed by atoms with van der Waals surface area (Å²) < 4.78 is 0. The van der Waals surface area contributed by atoms with Crippen LogP contribution in [-0.2, 0) is 6.54 Å². The molecule has 0 spiro atoms. The maximum Gasteiger partial charge on any atom is 0.0178 e. The van der Waals surface area contributed by atoms with Gasteiger partial charge in [-0.15, -0.1) is 0 Å². The van der Waals surface area contributed by atoms with E-state index in [9.17, 15) is 0 Å². The van der Waals surface area contributed by atoms with Gasteiger partial charge < -0.3 is 5.73 Å². The van der Waals surface area contributed by atoms with Crippen LogP contribution in [0.15, 0.2) is 91.0 Å². The standard InChI is InChI=1S/C25H19N/c26-16-17-6-5-10-21(12-17)25-23-11-4-3-9-20(23)14-22-13-18-7-1-2-8-19(18)15-24(22)25/h1-15H,16,26H2. The molecule has 0 aliphatic rings. The summed E-state index contributed by atoms with van der Waals surface area (Å²) in [5.74, 6) is 0. The number of hydrogen-bond acceptors (Lipinski definition) is 1. The zero-order chi connectivity index (χ0) is 17.5. The minimum atomic E-state index is 0.555. The van der Waals surface area contributed by atoms with Crippen molar-refractivity contribution in [3.05, 3.63) is 96.6 Å². The van der Waals surface area contributed by atoms with E-state index < -0.39 is 0 Å². The Labute approximate surface area is 152 Å². The lowest BCUT2D eigenvalue weighted by Gasteiger charge is -2.14. The first kappa shape index (κ1) is 15.1. The predicted octanol–water partition coefficient (Wildman–Crippen LogP) is 6.27. The fraction of sp³-hybridized carbons (Fsp3) is 0.0400. The van der Waals surface area contributed by atoms with Crippen LogP contribution in [0.25, 0.3) is 43.4 Å². The van der Waals surface area contributed by atoms with Crippen LogP contribution < -0.4 is 5.73 Å². The summed E-state index contributed by atoms with van der Waals surface area (Å²) in [6.07, 6.45) is 0. The van der Waals surface area contributed by atoms with Crippen LogP contribution in [0.5, 0.6) is 0 Å². The molecule has 0 unspecified atom stereocenters. The van der Waals surface area contributed by atoms with E-state index in [2.05, 4.69) is 91.0 Å². The monoisotopic (exact) mass is 333 g/mol. The fourth-order valence-electron chi connectivity index (χ4n) is 3.92. The Hall–Kier alpha value is -3.16. The number of nitrogens with two attached hydrogens (primary N) is 1. The third-order valence-electron chi connectivity index (χ3n) is 5.18. The van der Waals surface area contributed by atoms with E-state index in [0.717, 1.165) is 5.56 Å². The van der Waals surface area contributed by atoms with Gasteiger partial charge in [0.05, 0.1) is 0 Å². The topological polar surface area (TPSA) is 26.0 Å². The first-order valence-corrected chi connectivity index (χ1v) is 8.97. The van der Waals surface area contributed by atoms with Crippen LogP contribution in [0.3, 0.4) is 0 Å². The molecule has 5 rings (SSSR count). The Morgan fingerprint density at radius 3 is 2.04 bits per heavy atom. The molecule has 5 aromatic rings. The van der Waals surface area contributed by atoms with E-state index in [0.29, 0.717) is 6.54 Å². The zero-order valence-electron chi connectivity index (χ0n) is 14.4. The van der Waals surface area contributed by atoms with Crippen molar-refractivity contribution in [1.29, 1.82) is 0 Å². The summed E-state index contributed by atoms with van der Waals surface area (Å²) in [6.45, 7) is 0.555. The highest BCUT2D eigenvalue weighted by Gasteiger charge is 2.11. The summed E-state index contributed by atoms with van der Waals surface area (Å²) in [5.41, 5.74) is 9.57. The van der Waals surface area contributed by atoms with Gasteiger partial charge in [0.2, 0.25) is 0 Å². The number of rotatable bonds is 2. The van der Waals surface area contributed by atoms with Gasteiger partial charge in [-0.2, -0.15) is 0 Å². The molecule has 0 radical (unpaired) electrons. The van der Waals surface area contributed by atoms with Crippen molar-refractivity contribution in [3.63, 3.8) is 0 Å². The predicted molar refractivity (Wildman–Crippen MR) is 112 cm³/mol. The molecule has 26 heavy (non-hydrogen) atoms. The number of benzene rings is 5. The highest BCUT2D eigenvalue weighted by atomic mass is 14.5. The third kappa shape index (κ3) is 2.37. The van der Waals surface area contributed by atoms with Gasteiger partial charge in [0.25, 0.3) is 0 Å². The van der Waals surface area contributed by atoms with Crippen LogP contribution in [0.1, 0.15) is 5.56 Å². The van der Waals surface area contributed by atoms with E-state index in [1.54, 1.807) is 0 Å². The van der Waals surface area contributed by atoms with Gasteiger partial charge in [0.1, 0.15) is 0 Å². The van der Waals surface area contributed by atoms with Crippen molar-refractivity contribution in [2.24, 2.45) is 5.73 Å². The molecule has 0 saturated carbocycles. The van der Waals surface area contributed by atoms with Crippen LogP contribution in [0, 0.1) is 0 Å². The smallest absolute Gasteiger partial charge is 0.0178 e. The molecule has 0 aliphatic carbocycles. The molecule has 1 nitrogen and oxygen atoms in total. The van der Waals surface area contributed by atoms with E-state index in [4.69, 9.17) is 5.73 Å². The molecule has 124 valence electrons. The van der Waals surface area contributed by atoms with Crippen molar-refractivity contribution < 1.29 is 0 Å². The lowest BCUT2D eigenvalue weighted by atomic mass is 9.90. The SMILES string of the molecule is NCc1cccc(-c2c3ccccc3cc3cc4ccccc4cc23)c1. The minimum absolute atomic E-state index is 0.555. The first-order valence-electron chi connectivity index (χ1n) is 8.97. The second kappa shape index (κ2) is 5.98. The molecule has 0 saturated heterocycles. The average molecular weight is 333 g/mol. The third-order valence-corrected chi connectivity index (χ3v) is 5.18. The van der Waals surface area contributed by atoms with Crippen molar-refractivity contribution in [1.82, 2.24) is 0 Å². The Balaban J connectivity index is 1.97. The quantitative estimate of drug-likeness (QED) is 0.378. The van der Waals surface area contributed by atoms with Gasteiger partial charge in [0.15, 0.2) is 0 Å². The fourth-order valence-corrected chi connectivity index (χ4v) is 3.92. The lowest BCUT2D eigenvalue weighted by Crippen LogP contribution is -1.96. The Morgan fingerprint density at radius 1 is 0.538 bits per heavy atom. The van der Waals surface area contributed by atoms with Gasteiger partial charge in [0, 0.05) is 6.54 Å². The van der Waals surface area contributed by atoms with Crippen molar-refractivity contribution in [3.8, 4) is 11.1 Å². The van der Waals surface area contributed by atoms with Crippen molar-refractivity contribution in [2.75, 3.05) is 0 Å². The molecule has 0 aromatic heterocycles. The van der Waals surface area contributed by atoms with Crippen molar-refractivity contribution in [2.45, 2.75) is 6.54 Å². The van der Waals surface area contributed by atoms with E-state index in [1.165, 1.54) is 43.4 Å². The van der Waals surface area contributed by atoms with Gasteiger partial charge in [-0.3, -0.25) is 0 Å². The Morgan fingerprint density at radius 2 is 1.23 bits per heavy atom. The molecule has 2 N–H and O–H groups in total. The molecule has 0 heterocycles. The number of fused-ring (bicyclic) bond motifs is 3. The van der Waals surface area contributed by atoms with Crippen LogP contribution in [-0.4, -0.2) is 0 Å². The number of hydrogen-bond donors (Lipinski definition) is 1. The maximum atomic E-state index is 5.90. The van der Waals surface area contributed by atoms with Crippen molar-refractivity contribution >= 4 is 32.3 Å². The van der Waals surface area contributed by atoms with Crippen LogP contribution in [0.2, 0.25) is 0 Å². The zero-order valence-corrected chi connectivity index (χ0v) is 14.4. The van der Waals surface area contributed by atoms with Gasteiger partial charge in [-0.05, 0) is 73.3 Å². The van der Waals surface area contributed by atoms with E-state index >= 15 is 0 Å². The molecule has 0 amide bonds. The molecule has 0 atom stereocenters. The summed E-state index contributed by atoms with van der Waals surface area (Å²) in [4.78, 5) is 0. The summed E-state index contributed by atoms with van der Waals surface area (Å²) in [7, 11) is 0. The normalized spacial score (nSPS) is 11.4. The highest BCUT2D eigenvalue weighted by Crippen LogP contribution is 2.38. The van der Waals surface area contributed by atoms with E-state index in [1.807, 2.05) is 0 Å². The van der Waals surface area contributed by atoms with Gasteiger partial charge in [-0.1, -0.05) is 66.7 Å². The molecule has 0 aliphatic heterocycles. The average Bonchev–Trinajstić information content (AvgIpc) is 2.70. The second-order valence-corrected chi connectivity index (χ2v) is 6.80. The second-order valence-electron chi connectivity index (χ2n) is 6.80.